The summed E-state index contributed by atoms with van der Waals surface area (Å²) < 4.78 is 23.7. The van der Waals surface area contributed by atoms with Crippen LogP contribution in [0.2, 0.25) is 10.0 Å². The van der Waals surface area contributed by atoms with E-state index in [1.165, 1.54) is 24.4 Å². The van der Waals surface area contributed by atoms with Crippen molar-refractivity contribution in [1.29, 1.82) is 0 Å². The molecule has 1 aromatic carbocycles. The zero-order valence-corrected chi connectivity index (χ0v) is 17.9. The molecule has 0 radical (unpaired) electrons. The highest BCUT2D eigenvalue weighted by atomic mass is 35.5. The Morgan fingerprint density at radius 1 is 1.14 bits per heavy atom. The van der Waals surface area contributed by atoms with E-state index in [1.807, 2.05) is 0 Å². The van der Waals surface area contributed by atoms with Crippen LogP contribution in [0.25, 0.3) is 0 Å². The average molecular weight is 456 g/mol. The molecule has 0 spiro atoms. The van der Waals surface area contributed by atoms with E-state index in [0.717, 1.165) is 6.26 Å². The van der Waals surface area contributed by atoms with Crippen molar-refractivity contribution in [3.8, 4) is 0 Å². The predicted octanol–water partition coefficient (Wildman–Crippen LogP) is 3.28. The first kappa shape index (κ1) is 21.5. The quantitative estimate of drug-likeness (QED) is 0.762. The summed E-state index contributed by atoms with van der Waals surface area (Å²) in [5.74, 6) is -0.261. The molecule has 0 atom stereocenters. The molecule has 2 aromatic rings. The fourth-order valence-electron chi connectivity index (χ4n) is 3.13. The molecule has 29 heavy (non-hydrogen) atoms. The second-order valence-corrected chi connectivity index (χ2v) is 9.66. The Kier molecular flexibility index (Phi) is 6.45. The van der Waals surface area contributed by atoms with Crippen LogP contribution in [-0.2, 0) is 14.6 Å². The van der Waals surface area contributed by atoms with Gasteiger partial charge in [-0.15, -0.1) is 0 Å². The first-order valence-electron chi connectivity index (χ1n) is 8.86. The predicted molar refractivity (Wildman–Crippen MR) is 111 cm³/mol. The fraction of sp³-hybridized carbons (Fsp3) is 0.316. The van der Waals surface area contributed by atoms with Gasteiger partial charge in [-0.3, -0.25) is 9.59 Å². The van der Waals surface area contributed by atoms with Crippen LogP contribution in [0.1, 0.15) is 23.2 Å². The number of nitrogens with one attached hydrogen (secondary N) is 1. The van der Waals surface area contributed by atoms with Gasteiger partial charge < -0.3 is 10.2 Å². The van der Waals surface area contributed by atoms with Crippen molar-refractivity contribution in [3.63, 3.8) is 0 Å². The number of piperidine rings is 1. The van der Waals surface area contributed by atoms with Crippen LogP contribution in [0.5, 0.6) is 0 Å². The van der Waals surface area contributed by atoms with Gasteiger partial charge in [-0.05, 0) is 43.2 Å². The molecule has 3 rings (SSSR count). The zero-order valence-electron chi connectivity index (χ0n) is 15.6. The standard InChI is InChI=1S/C19H19Cl2N3O4S/c1-29(27,28)16-10-13(2-4-15(16)21)19(26)24-8-6-12(7-9-24)18(25)23-17-5-3-14(20)11-22-17/h2-5,10-12H,6-9H2,1H3,(H,22,23,25). The minimum atomic E-state index is -3.54. The van der Waals surface area contributed by atoms with Crippen LogP contribution in [0.15, 0.2) is 41.4 Å². The van der Waals surface area contributed by atoms with Crippen molar-refractivity contribution in [2.24, 2.45) is 5.92 Å². The number of hydrogen-bond acceptors (Lipinski definition) is 5. The van der Waals surface area contributed by atoms with Gasteiger partial charge in [0.05, 0.1) is 14.9 Å². The Balaban J connectivity index is 1.62. The molecule has 7 nitrogen and oxygen atoms in total. The van der Waals surface area contributed by atoms with E-state index in [2.05, 4.69) is 10.3 Å². The second kappa shape index (κ2) is 8.69. The molecule has 2 amide bonds. The molecule has 1 fully saturated rings. The van der Waals surface area contributed by atoms with Crippen molar-refractivity contribution in [2.45, 2.75) is 17.7 Å². The highest BCUT2D eigenvalue weighted by Gasteiger charge is 2.28. The summed E-state index contributed by atoms with van der Waals surface area (Å²) in [4.78, 5) is 30.8. The Hall–Kier alpha value is -2.16. The lowest BCUT2D eigenvalue weighted by Crippen LogP contribution is -2.41. The van der Waals surface area contributed by atoms with E-state index in [0.29, 0.717) is 36.8 Å². The smallest absolute Gasteiger partial charge is 0.253 e. The van der Waals surface area contributed by atoms with Gasteiger partial charge in [0.1, 0.15) is 5.82 Å². The van der Waals surface area contributed by atoms with Gasteiger partial charge in [0.15, 0.2) is 9.84 Å². The number of aromatic nitrogens is 1. The van der Waals surface area contributed by atoms with Gasteiger partial charge in [-0.2, -0.15) is 0 Å². The van der Waals surface area contributed by atoms with E-state index >= 15 is 0 Å². The highest BCUT2D eigenvalue weighted by Crippen LogP contribution is 2.25. The number of benzene rings is 1. The molecule has 1 saturated heterocycles. The molecule has 10 heteroatoms. The lowest BCUT2D eigenvalue weighted by Gasteiger charge is -2.31. The maximum absolute atomic E-state index is 12.8. The van der Waals surface area contributed by atoms with Crippen LogP contribution < -0.4 is 5.32 Å². The minimum Gasteiger partial charge on any atom is -0.339 e. The fourth-order valence-corrected chi connectivity index (χ4v) is 4.54. The van der Waals surface area contributed by atoms with Crippen LogP contribution in [0, 0.1) is 5.92 Å². The number of halogens is 2. The molecular formula is C19H19Cl2N3O4S. The van der Waals surface area contributed by atoms with E-state index in [1.54, 1.807) is 17.0 Å². The number of nitrogens with zero attached hydrogens (tertiary/aromatic N) is 2. The van der Waals surface area contributed by atoms with E-state index < -0.39 is 9.84 Å². The van der Waals surface area contributed by atoms with Crippen LogP contribution in [0.3, 0.4) is 0 Å². The third-order valence-corrected chi connectivity index (χ3v) is 6.51. The van der Waals surface area contributed by atoms with Gasteiger partial charge >= 0.3 is 0 Å². The molecule has 0 aliphatic carbocycles. The molecule has 0 saturated carbocycles. The highest BCUT2D eigenvalue weighted by molar-refractivity contribution is 7.90. The Bertz CT molecular complexity index is 1030. The van der Waals surface area contributed by atoms with E-state index in [4.69, 9.17) is 23.2 Å². The molecule has 2 heterocycles. The van der Waals surface area contributed by atoms with Crippen LogP contribution in [-0.4, -0.2) is 49.5 Å². The van der Waals surface area contributed by atoms with Crippen molar-refractivity contribution in [1.82, 2.24) is 9.88 Å². The first-order chi connectivity index (χ1) is 13.6. The number of carbonyl (C=O) groups excluding carboxylic acids is 2. The van der Waals surface area contributed by atoms with E-state index in [9.17, 15) is 18.0 Å². The monoisotopic (exact) mass is 455 g/mol. The molecule has 1 aromatic heterocycles. The first-order valence-corrected chi connectivity index (χ1v) is 11.5. The molecule has 0 bridgehead atoms. The Morgan fingerprint density at radius 3 is 2.41 bits per heavy atom. The topological polar surface area (TPSA) is 96.4 Å². The molecule has 0 unspecified atom stereocenters. The van der Waals surface area contributed by atoms with Crippen molar-refractivity contribution >= 4 is 50.7 Å². The van der Waals surface area contributed by atoms with Crippen molar-refractivity contribution in [3.05, 3.63) is 52.1 Å². The zero-order chi connectivity index (χ0) is 21.2. The molecular weight excluding hydrogens is 437 g/mol. The number of likely N-dealkylation sites (tertiary alicyclic amines) is 1. The maximum Gasteiger partial charge on any atom is 0.253 e. The summed E-state index contributed by atoms with van der Waals surface area (Å²) in [6.07, 6.45) is 3.49. The van der Waals surface area contributed by atoms with Crippen molar-refractivity contribution < 1.29 is 18.0 Å². The summed E-state index contributed by atoms with van der Waals surface area (Å²) in [5.41, 5.74) is 0.253. The number of rotatable bonds is 4. The molecule has 1 aliphatic heterocycles. The SMILES string of the molecule is CS(=O)(=O)c1cc(C(=O)N2CCC(C(=O)Nc3ccc(Cl)cn3)CC2)ccc1Cl. The average Bonchev–Trinajstić information content (AvgIpc) is 2.69. The largest absolute Gasteiger partial charge is 0.339 e. The molecule has 154 valence electrons. The second-order valence-electron chi connectivity index (χ2n) is 6.83. The summed E-state index contributed by atoms with van der Waals surface area (Å²) >= 11 is 11.7. The van der Waals surface area contributed by atoms with Crippen LogP contribution in [0.4, 0.5) is 5.82 Å². The lowest BCUT2D eigenvalue weighted by atomic mass is 9.95. The minimum absolute atomic E-state index is 0.0743. The summed E-state index contributed by atoms with van der Waals surface area (Å²) in [7, 11) is -3.54. The number of carbonyl (C=O) groups is 2. The van der Waals surface area contributed by atoms with Gasteiger partial charge in [0, 0.05) is 37.0 Å². The van der Waals surface area contributed by atoms with E-state index in [-0.39, 0.29) is 33.2 Å². The molecule has 1 aliphatic rings. The van der Waals surface area contributed by atoms with Gasteiger partial charge in [0.2, 0.25) is 5.91 Å². The normalized spacial score (nSPS) is 15.2. The number of sulfone groups is 1. The number of anilines is 1. The van der Waals surface area contributed by atoms with Gasteiger partial charge in [-0.25, -0.2) is 13.4 Å². The summed E-state index contributed by atoms with van der Waals surface area (Å²) in [5, 5.41) is 3.31. The number of pyridine rings is 1. The number of hydrogen-bond donors (Lipinski definition) is 1. The van der Waals surface area contributed by atoms with Crippen LogP contribution >= 0.6 is 23.2 Å². The number of amides is 2. The Labute approximate surface area is 178 Å². The Morgan fingerprint density at radius 2 is 1.83 bits per heavy atom. The summed E-state index contributed by atoms with van der Waals surface area (Å²) in [6.45, 7) is 0.781. The third-order valence-electron chi connectivity index (χ3n) is 4.71. The summed E-state index contributed by atoms with van der Waals surface area (Å²) in [6, 6.07) is 7.47. The molecule has 1 N–H and O–H groups in total. The van der Waals surface area contributed by atoms with Gasteiger partial charge in [-0.1, -0.05) is 23.2 Å². The third kappa shape index (κ3) is 5.26. The lowest BCUT2D eigenvalue weighted by molar-refractivity contribution is -0.121. The van der Waals surface area contributed by atoms with Crippen molar-refractivity contribution in [2.75, 3.05) is 24.7 Å². The maximum atomic E-state index is 12.8. The van der Waals surface area contributed by atoms with Gasteiger partial charge in [0.25, 0.3) is 5.91 Å².